The predicted molar refractivity (Wildman–Crippen MR) is 219 cm³/mol. The van der Waals surface area contributed by atoms with Gasteiger partial charge >= 0.3 is 0 Å². The number of anilines is 3. The lowest BCUT2D eigenvalue weighted by Gasteiger charge is -2.32. The van der Waals surface area contributed by atoms with Gasteiger partial charge in [-0.2, -0.15) is 0 Å². The van der Waals surface area contributed by atoms with E-state index in [1.54, 1.807) is 0 Å². The van der Waals surface area contributed by atoms with E-state index in [4.69, 9.17) is 0 Å². The van der Waals surface area contributed by atoms with Crippen LogP contribution in [0.2, 0.25) is 0 Å². The fourth-order valence-electron chi connectivity index (χ4n) is 8.50. The summed E-state index contributed by atoms with van der Waals surface area (Å²) in [6, 6.07) is 55.6. The maximum absolute atomic E-state index is 2.46. The Morgan fingerprint density at radius 2 is 1.12 bits per heavy atom. The highest BCUT2D eigenvalue weighted by Gasteiger charge is 2.41. The van der Waals surface area contributed by atoms with Crippen molar-refractivity contribution in [3.63, 3.8) is 0 Å². The van der Waals surface area contributed by atoms with Crippen LogP contribution in [-0.2, 0) is 5.41 Å². The molecule has 0 aromatic heterocycles. The average molecular weight is 660 g/mol. The predicted octanol–water partition coefficient (Wildman–Crippen LogP) is 13.9. The highest BCUT2D eigenvalue weighted by Crippen LogP contribution is 2.54. The summed E-state index contributed by atoms with van der Waals surface area (Å²) in [6.45, 7) is 7.05. The molecule has 0 saturated carbocycles. The van der Waals surface area contributed by atoms with Crippen molar-refractivity contribution in [3.8, 4) is 11.1 Å². The molecule has 51 heavy (non-hydrogen) atoms. The molecule has 0 bridgehead atoms. The summed E-state index contributed by atoms with van der Waals surface area (Å²) in [6.07, 6.45) is 12.3. The lowest BCUT2D eigenvalue weighted by molar-refractivity contribution is 0.490. The average Bonchev–Trinajstić information content (AvgIpc) is 3.47. The number of fused-ring (bicyclic) bond motifs is 3. The first-order valence-corrected chi connectivity index (χ1v) is 18.5. The lowest BCUT2D eigenvalue weighted by Crippen LogP contribution is -2.23. The van der Waals surface area contributed by atoms with Gasteiger partial charge in [-0.1, -0.05) is 160 Å². The van der Waals surface area contributed by atoms with Gasteiger partial charge in [0.05, 0.1) is 0 Å². The van der Waals surface area contributed by atoms with E-state index in [1.165, 1.54) is 61.3 Å². The fourth-order valence-corrected chi connectivity index (χ4v) is 8.50. The second-order valence-electron chi connectivity index (χ2n) is 14.0. The van der Waals surface area contributed by atoms with E-state index in [9.17, 15) is 0 Å². The second-order valence-corrected chi connectivity index (χ2v) is 14.0. The zero-order valence-corrected chi connectivity index (χ0v) is 29.9. The molecule has 6 aromatic rings. The third kappa shape index (κ3) is 5.97. The van der Waals surface area contributed by atoms with Gasteiger partial charge in [0.25, 0.3) is 0 Å². The first-order valence-electron chi connectivity index (χ1n) is 18.5. The molecule has 0 radical (unpaired) electrons. The Hall–Kier alpha value is -5.66. The van der Waals surface area contributed by atoms with E-state index >= 15 is 0 Å². The molecule has 0 amide bonds. The minimum atomic E-state index is -0.0411. The second kappa shape index (κ2) is 13.9. The normalized spacial score (nSPS) is 15.9. The molecular weight excluding hydrogens is 615 g/mol. The van der Waals surface area contributed by atoms with Crippen LogP contribution in [-0.4, -0.2) is 0 Å². The summed E-state index contributed by atoms with van der Waals surface area (Å²) in [7, 11) is 0. The van der Waals surface area contributed by atoms with Crippen molar-refractivity contribution in [1.29, 1.82) is 0 Å². The molecule has 0 N–H and O–H groups in total. The quantitative estimate of drug-likeness (QED) is 0.140. The number of hydrogen-bond acceptors (Lipinski definition) is 1. The van der Waals surface area contributed by atoms with Gasteiger partial charge in [0.2, 0.25) is 0 Å². The highest BCUT2D eigenvalue weighted by molar-refractivity contribution is 5.97. The van der Waals surface area contributed by atoms with Gasteiger partial charge in [0, 0.05) is 22.5 Å². The Labute approximate surface area is 304 Å². The van der Waals surface area contributed by atoms with Gasteiger partial charge in [-0.05, 0) is 117 Å². The van der Waals surface area contributed by atoms with Crippen LogP contribution in [0, 0.1) is 5.92 Å². The molecule has 1 heteroatoms. The summed E-state index contributed by atoms with van der Waals surface area (Å²) in [4.78, 5) is 2.38. The van der Waals surface area contributed by atoms with Crippen molar-refractivity contribution in [1.82, 2.24) is 0 Å². The summed E-state index contributed by atoms with van der Waals surface area (Å²) in [5, 5.41) is 0. The summed E-state index contributed by atoms with van der Waals surface area (Å²) in [5.41, 5.74) is 16.9. The van der Waals surface area contributed by atoms with Crippen LogP contribution >= 0.6 is 0 Å². The Morgan fingerprint density at radius 3 is 1.75 bits per heavy atom. The first-order chi connectivity index (χ1) is 25.1. The van der Waals surface area contributed by atoms with E-state index in [-0.39, 0.29) is 5.41 Å². The Bertz CT molecular complexity index is 2200. The third-order valence-corrected chi connectivity index (χ3v) is 11.2. The van der Waals surface area contributed by atoms with Crippen LogP contribution in [0.1, 0.15) is 73.4 Å². The van der Waals surface area contributed by atoms with Gasteiger partial charge in [-0.15, -0.1) is 0 Å². The van der Waals surface area contributed by atoms with E-state index in [1.807, 2.05) is 0 Å². The molecule has 0 heterocycles. The van der Waals surface area contributed by atoms with Crippen LogP contribution in [0.5, 0.6) is 0 Å². The third-order valence-electron chi connectivity index (χ3n) is 11.2. The summed E-state index contributed by atoms with van der Waals surface area (Å²) < 4.78 is 0. The Morgan fingerprint density at radius 1 is 0.569 bits per heavy atom. The molecule has 1 atom stereocenters. The van der Waals surface area contributed by atoms with E-state index in [0.717, 1.165) is 30.6 Å². The fraction of sp³-hybridized carbons (Fsp3) is 0.160. The van der Waals surface area contributed by atoms with E-state index in [0.29, 0.717) is 5.92 Å². The van der Waals surface area contributed by atoms with Crippen LogP contribution in [0.15, 0.2) is 164 Å². The van der Waals surface area contributed by atoms with Crippen molar-refractivity contribution < 1.29 is 0 Å². The lowest BCUT2D eigenvalue weighted by atomic mass is 9.73. The zero-order chi connectivity index (χ0) is 34.8. The van der Waals surface area contributed by atoms with Crippen LogP contribution in [0.3, 0.4) is 0 Å². The molecule has 0 spiro atoms. The molecule has 1 unspecified atom stereocenters. The van der Waals surface area contributed by atoms with Crippen molar-refractivity contribution in [2.75, 3.05) is 4.90 Å². The molecule has 1 nitrogen and oxygen atoms in total. The molecule has 2 aliphatic carbocycles. The van der Waals surface area contributed by atoms with Gasteiger partial charge < -0.3 is 4.90 Å². The SMILES string of the molecule is CCC1(CC)c2cc(/C=C/c3ccc(C4=C(c5ccccc5)C=CCC4C)cc3)ccc2-c2ccc(N(c3ccccc3)c3ccccc3)cc21. The highest BCUT2D eigenvalue weighted by atomic mass is 15.1. The maximum Gasteiger partial charge on any atom is 0.0465 e. The molecule has 250 valence electrons. The van der Waals surface area contributed by atoms with Crippen LogP contribution in [0.4, 0.5) is 17.1 Å². The van der Waals surface area contributed by atoms with Crippen molar-refractivity contribution in [3.05, 3.63) is 197 Å². The largest absolute Gasteiger partial charge is 0.310 e. The number of nitrogens with zero attached hydrogens (tertiary/aromatic N) is 1. The van der Waals surface area contributed by atoms with Gasteiger partial charge in [-0.25, -0.2) is 0 Å². The van der Waals surface area contributed by atoms with E-state index in [2.05, 4.69) is 202 Å². The number of rotatable bonds is 9. The van der Waals surface area contributed by atoms with Crippen LogP contribution in [0.25, 0.3) is 34.4 Å². The van der Waals surface area contributed by atoms with Crippen molar-refractivity contribution in [2.45, 2.75) is 45.4 Å². The summed E-state index contributed by atoms with van der Waals surface area (Å²) >= 11 is 0. The molecule has 6 aromatic carbocycles. The molecule has 2 aliphatic rings. The first kappa shape index (κ1) is 32.5. The number of hydrogen-bond donors (Lipinski definition) is 0. The minimum Gasteiger partial charge on any atom is -0.310 e. The molecule has 0 saturated heterocycles. The standard InChI is InChI=1S/C50H45N/c1-4-50(5-2)47-34-38(25-24-37-26-29-40(30-27-37)49-36(3)16-15-23-44(49)39-17-9-6-10-18-39)28-32-45(47)46-33-31-43(35-48(46)50)51(41-19-11-7-12-20-41)42-21-13-8-14-22-42/h6-15,17-36H,4-5,16H2,1-3H3/b25-24+. The molecule has 0 aliphatic heterocycles. The molecule has 0 fully saturated rings. The zero-order valence-electron chi connectivity index (χ0n) is 29.9. The number of benzene rings is 6. The molecular formula is C50H45N. The minimum absolute atomic E-state index is 0.0411. The Balaban J connectivity index is 1.11. The van der Waals surface area contributed by atoms with Gasteiger partial charge in [0.15, 0.2) is 0 Å². The number of allylic oxidation sites excluding steroid dienone is 4. The number of para-hydroxylation sites is 2. The van der Waals surface area contributed by atoms with Gasteiger partial charge in [-0.3, -0.25) is 0 Å². The summed E-state index contributed by atoms with van der Waals surface area (Å²) in [5.74, 6) is 0.482. The van der Waals surface area contributed by atoms with Crippen molar-refractivity contribution >= 4 is 40.4 Å². The van der Waals surface area contributed by atoms with Crippen LogP contribution < -0.4 is 4.90 Å². The smallest absolute Gasteiger partial charge is 0.0465 e. The topological polar surface area (TPSA) is 3.24 Å². The van der Waals surface area contributed by atoms with Crippen molar-refractivity contribution in [2.24, 2.45) is 5.92 Å². The van der Waals surface area contributed by atoms with Gasteiger partial charge in [0.1, 0.15) is 0 Å². The Kier molecular flexibility index (Phi) is 8.88. The van der Waals surface area contributed by atoms with E-state index < -0.39 is 0 Å². The molecule has 8 rings (SSSR count). The maximum atomic E-state index is 2.46. The monoisotopic (exact) mass is 659 g/mol.